The van der Waals surface area contributed by atoms with Gasteiger partial charge in [0.2, 0.25) is 0 Å². The van der Waals surface area contributed by atoms with E-state index in [1.54, 1.807) is 19.1 Å². The molecule has 0 unspecified atom stereocenters. The smallest absolute Gasteiger partial charge is 0.321 e. The lowest BCUT2D eigenvalue weighted by Gasteiger charge is -2.17. The van der Waals surface area contributed by atoms with Crippen molar-refractivity contribution in [1.82, 2.24) is 4.90 Å². The molecule has 0 atom stereocenters. The first-order valence-electron chi connectivity index (χ1n) is 5.40. The van der Waals surface area contributed by atoms with E-state index < -0.39 is 0 Å². The van der Waals surface area contributed by atoms with E-state index in [-0.39, 0.29) is 11.8 Å². The molecule has 0 aliphatic heterocycles. The van der Waals surface area contributed by atoms with E-state index >= 15 is 0 Å². The second-order valence-electron chi connectivity index (χ2n) is 3.70. The Morgan fingerprint density at radius 1 is 1.41 bits per heavy atom. The lowest BCUT2D eigenvalue weighted by atomic mass is 10.3. The molecule has 1 rings (SSSR count). The maximum absolute atomic E-state index is 12.7. The van der Waals surface area contributed by atoms with Crippen LogP contribution in [0, 0.1) is 5.82 Å². The highest BCUT2D eigenvalue weighted by Crippen LogP contribution is 2.08. The van der Waals surface area contributed by atoms with Crippen LogP contribution in [0.15, 0.2) is 24.3 Å². The molecule has 0 aromatic heterocycles. The number of amides is 2. The van der Waals surface area contributed by atoms with Crippen LogP contribution in [0.2, 0.25) is 0 Å². The summed E-state index contributed by atoms with van der Waals surface area (Å²) in [4.78, 5) is 13.2. The number of ether oxygens (including phenoxy) is 1. The van der Waals surface area contributed by atoms with Crippen molar-refractivity contribution >= 4 is 11.7 Å². The van der Waals surface area contributed by atoms with Crippen molar-refractivity contribution < 1.29 is 13.9 Å². The lowest BCUT2D eigenvalue weighted by molar-refractivity contribution is 0.179. The van der Waals surface area contributed by atoms with Crippen molar-refractivity contribution in [1.29, 1.82) is 0 Å². The number of rotatable bonds is 5. The summed E-state index contributed by atoms with van der Waals surface area (Å²) >= 11 is 0. The first-order chi connectivity index (χ1) is 8.13. The van der Waals surface area contributed by atoms with Gasteiger partial charge in [0.15, 0.2) is 0 Å². The third-order valence-corrected chi connectivity index (χ3v) is 2.28. The molecule has 1 aromatic carbocycles. The third kappa shape index (κ3) is 4.82. The largest absolute Gasteiger partial charge is 0.385 e. The molecule has 0 aliphatic carbocycles. The number of carbonyl (C=O) groups excluding carboxylic acids is 1. The van der Waals surface area contributed by atoms with Crippen molar-refractivity contribution in [3.05, 3.63) is 30.1 Å². The number of urea groups is 1. The van der Waals surface area contributed by atoms with E-state index in [1.807, 2.05) is 0 Å². The summed E-state index contributed by atoms with van der Waals surface area (Å²) in [7, 11) is 3.33. The van der Waals surface area contributed by atoms with Crippen LogP contribution in [-0.4, -0.2) is 38.2 Å². The maximum atomic E-state index is 12.7. The molecule has 0 saturated carbocycles. The monoisotopic (exact) mass is 240 g/mol. The summed E-state index contributed by atoms with van der Waals surface area (Å²) < 4.78 is 17.6. The van der Waals surface area contributed by atoms with E-state index in [4.69, 9.17) is 4.74 Å². The van der Waals surface area contributed by atoms with Crippen LogP contribution in [0.1, 0.15) is 6.42 Å². The summed E-state index contributed by atoms with van der Waals surface area (Å²) in [5.41, 5.74) is 0.579. The van der Waals surface area contributed by atoms with Crippen LogP contribution in [0.4, 0.5) is 14.9 Å². The summed E-state index contributed by atoms with van der Waals surface area (Å²) in [6.45, 7) is 1.23. The predicted octanol–water partition coefficient (Wildman–Crippen LogP) is 2.33. The van der Waals surface area contributed by atoms with Crippen LogP contribution in [0.3, 0.4) is 0 Å². The van der Waals surface area contributed by atoms with Crippen molar-refractivity contribution in [2.45, 2.75) is 6.42 Å². The number of hydrogen-bond donors (Lipinski definition) is 1. The highest BCUT2D eigenvalue weighted by Gasteiger charge is 2.07. The average Bonchev–Trinajstić information content (AvgIpc) is 2.32. The third-order valence-electron chi connectivity index (χ3n) is 2.28. The molecule has 17 heavy (non-hydrogen) atoms. The van der Waals surface area contributed by atoms with Crippen LogP contribution in [0.25, 0.3) is 0 Å². The summed E-state index contributed by atoms with van der Waals surface area (Å²) in [6, 6.07) is 5.45. The van der Waals surface area contributed by atoms with Crippen LogP contribution < -0.4 is 5.32 Å². The Labute approximate surface area is 100 Å². The van der Waals surface area contributed by atoms with Crippen LogP contribution in [0.5, 0.6) is 0 Å². The van der Waals surface area contributed by atoms with Gasteiger partial charge in [0.25, 0.3) is 0 Å². The number of carbonyl (C=O) groups is 1. The molecule has 1 N–H and O–H groups in total. The Balaban J connectivity index is 2.40. The van der Waals surface area contributed by atoms with E-state index in [0.717, 1.165) is 6.42 Å². The molecule has 1 aromatic rings. The van der Waals surface area contributed by atoms with Gasteiger partial charge in [0.1, 0.15) is 5.82 Å². The molecule has 2 amide bonds. The second kappa shape index (κ2) is 6.85. The van der Waals surface area contributed by atoms with Gasteiger partial charge in [-0.15, -0.1) is 0 Å². The fraction of sp³-hybridized carbons (Fsp3) is 0.417. The molecule has 0 fully saturated rings. The molecule has 0 heterocycles. The Kier molecular flexibility index (Phi) is 5.42. The number of hydrogen-bond acceptors (Lipinski definition) is 2. The van der Waals surface area contributed by atoms with E-state index in [2.05, 4.69) is 5.32 Å². The molecule has 94 valence electrons. The van der Waals surface area contributed by atoms with E-state index in [0.29, 0.717) is 18.8 Å². The van der Waals surface area contributed by atoms with Crippen molar-refractivity contribution in [2.75, 3.05) is 32.6 Å². The molecular formula is C12H17FN2O2. The molecule has 0 saturated heterocycles. The standard InChI is InChI=1S/C12H17FN2O2/c1-15(8-3-9-17-2)12(16)14-11-6-4-10(13)5-7-11/h4-7H,3,8-9H2,1-2H3,(H,14,16). The number of halogens is 1. The first kappa shape index (κ1) is 13.4. The number of anilines is 1. The molecule has 0 spiro atoms. The highest BCUT2D eigenvalue weighted by atomic mass is 19.1. The Morgan fingerprint density at radius 2 is 2.06 bits per heavy atom. The quantitative estimate of drug-likeness (QED) is 0.802. The van der Waals surface area contributed by atoms with Crippen molar-refractivity contribution in [3.8, 4) is 0 Å². The summed E-state index contributed by atoms with van der Waals surface area (Å²) in [6.07, 6.45) is 0.782. The lowest BCUT2D eigenvalue weighted by Crippen LogP contribution is -2.32. The van der Waals surface area contributed by atoms with Gasteiger partial charge in [-0.1, -0.05) is 0 Å². The van der Waals surface area contributed by atoms with Gasteiger partial charge in [-0.25, -0.2) is 9.18 Å². The Morgan fingerprint density at radius 3 is 2.65 bits per heavy atom. The molecule has 5 heteroatoms. The average molecular weight is 240 g/mol. The Hall–Kier alpha value is -1.62. The van der Waals surface area contributed by atoms with Crippen molar-refractivity contribution in [2.24, 2.45) is 0 Å². The second-order valence-corrected chi connectivity index (χ2v) is 3.70. The van der Waals surface area contributed by atoms with Gasteiger partial charge in [-0.2, -0.15) is 0 Å². The highest BCUT2D eigenvalue weighted by molar-refractivity contribution is 5.89. The zero-order chi connectivity index (χ0) is 12.7. The van der Waals surface area contributed by atoms with Crippen LogP contribution >= 0.6 is 0 Å². The van der Waals surface area contributed by atoms with Crippen LogP contribution in [-0.2, 0) is 4.74 Å². The first-order valence-corrected chi connectivity index (χ1v) is 5.40. The molecule has 0 bridgehead atoms. The minimum atomic E-state index is -0.323. The van der Waals surface area contributed by atoms with Gasteiger partial charge in [-0.05, 0) is 30.7 Å². The SMILES string of the molecule is COCCCN(C)C(=O)Nc1ccc(F)cc1. The number of benzene rings is 1. The predicted molar refractivity (Wildman–Crippen MR) is 64.5 cm³/mol. The van der Waals surface area contributed by atoms with Crippen molar-refractivity contribution in [3.63, 3.8) is 0 Å². The van der Waals surface area contributed by atoms with E-state index in [1.165, 1.54) is 24.3 Å². The summed E-state index contributed by atoms with van der Waals surface area (Å²) in [5.74, 6) is -0.323. The topological polar surface area (TPSA) is 41.6 Å². The minimum absolute atomic E-state index is 0.215. The van der Waals surface area contributed by atoms with Gasteiger partial charge >= 0.3 is 6.03 Å². The fourth-order valence-corrected chi connectivity index (χ4v) is 1.30. The normalized spacial score (nSPS) is 10.1. The van der Waals surface area contributed by atoms with E-state index in [9.17, 15) is 9.18 Å². The number of nitrogens with one attached hydrogen (secondary N) is 1. The number of methoxy groups -OCH3 is 1. The number of nitrogens with zero attached hydrogens (tertiary/aromatic N) is 1. The van der Waals surface area contributed by atoms with Gasteiger partial charge in [0, 0.05) is 33.0 Å². The summed E-state index contributed by atoms with van der Waals surface area (Å²) in [5, 5.41) is 2.68. The maximum Gasteiger partial charge on any atom is 0.321 e. The fourth-order valence-electron chi connectivity index (χ4n) is 1.30. The molecular weight excluding hydrogens is 223 g/mol. The van der Waals surface area contributed by atoms with Gasteiger partial charge in [0.05, 0.1) is 0 Å². The molecule has 0 aliphatic rings. The Bertz CT molecular complexity index is 354. The zero-order valence-corrected chi connectivity index (χ0v) is 10.1. The minimum Gasteiger partial charge on any atom is -0.385 e. The van der Waals surface area contributed by atoms with Gasteiger partial charge in [-0.3, -0.25) is 0 Å². The molecule has 4 nitrogen and oxygen atoms in total. The molecule has 0 radical (unpaired) electrons. The van der Waals surface area contributed by atoms with Gasteiger partial charge < -0.3 is 15.0 Å². The zero-order valence-electron chi connectivity index (χ0n) is 10.1.